The molecule has 0 atom stereocenters. The molecule has 8 heteroatoms. The molecule has 0 aliphatic carbocycles. The van der Waals surface area contributed by atoms with E-state index in [0.717, 1.165) is 50.9 Å². The summed E-state index contributed by atoms with van der Waals surface area (Å²) in [6, 6.07) is 9.17. The number of hydrogen-bond donors (Lipinski definition) is 1. The molecule has 0 radical (unpaired) electrons. The van der Waals surface area contributed by atoms with Crippen LogP contribution in [0.15, 0.2) is 42.6 Å². The lowest BCUT2D eigenvalue weighted by Crippen LogP contribution is -2.44. The molecule has 1 aliphatic rings. The van der Waals surface area contributed by atoms with E-state index in [1.807, 2.05) is 6.07 Å². The van der Waals surface area contributed by atoms with Crippen LogP contribution < -0.4 is 10.2 Å². The van der Waals surface area contributed by atoms with Crippen LogP contribution >= 0.6 is 0 Å². The minimum absolute atomic E-state index is 0.0488. The molecule has 0 saturated carbocycles. The highest BCUT2D eigenvalue weighted by molar-refractivity contribution is 5.94. The molecule has 0 unspecified atom stereocenters. The average Bonchev–Trinajstić information content (AvgIpc) is 2.76. The summed E-state index contributed by atoms with van der Waals surface area (Å²) in [6.07, 6.45) is -1.21. The Kier molecular flexibility index (Phi) is 7.54. The Balaban J connectivity index is 1.49. The van der Waals surface area contributed by atoms with Crippen molar-refractivity contribution in [3.8, 4) is 0 Å². The lowest BCUT2D eigenvalue weighted by atomic mass is 10.0. The van der Waals surface area contributed by atoms with Gasteiger partial charge in [0, 0.05) is 45.0 Å². The van der Waals surface area contributed by atoms with Crippen molar-refractivity contribution in [1.29, 1.82) is 0 Å². The number of hydrogen-bond acceptors (Lipinski definition) is 4. The van der Waals surface area contributed by atoms with E-state index in [0.29, 0.717) is 17.7 Å². The normalized spacial score (nSPS) is 15.6. The van der Waals surface area contributed by atoms with Crippen LogP contribution in [0.1, 0.15) is 48.2 Å². The van der Waals surface area contributed by atoms with E-state index in [1.165, 1.54) is 12.1 Å². The molecule has 0 bridgehead atoms. The van der Waals surface area contributed by atoms with Crippen molar-refractivity contribution in [3.05, 3.63) is 59.3 Å². The number of amides is 1. The van der Waals surface area contributed by atoms with Crippen molar-refractivity contribution in [2.24, 2.45) is 0 Å². The second-order valence-corrected chi connectivity index (χ2v) is 7.80. The van der Waals surface area contributed by atoms with Crippen LogP contribution in [0.5, 0.6) is 0 Å². The molecule has 31 heavy (non-hydrogen) atoms. The summed E-state index contributed by atoms with van der Waals surface area (Å²) >= 11 is 0. The highest BCUT2D eigenvalue weighted by atomic mass is 19.4. The predicted octanol–water partition coefficient (Wildman–Crippen LogP) is 4.34. The van der Waals surface area contributed by atoms with E-state index in [9.17, 15) is 18.0 Å². The van der Waals surface area contributed by atoms with E-state index >= 15 is 0 Å². The summed E-state index contributed by atoms with van der Waals surface area (Å²) in [5.41, 5.74) is 0.562. The first-order valence-corrected chi connectivity index (χ1v) is 10.7. The van der Waals surface area contributed by atoms with Gasteiger partial charge in [-0.25, -0.2) is 4.98 Å². The number of pyridine rings is 1. The van der Waals surface area contributed by atoms with Gasteiger partial charge < -0.3 is 10.2 Å². The van der Waals surface area contributed by atoms with Gasteiger partial charge in [0.2, 0.25) is 0 Å². The van der Waals surface area contributed by atoms with E-state index in [2.05, 4.69) is 33.9 Å². The molecule has 1 amide bonds. The molecule has 1 aromatic carbocycles. The van der Waals surface area contributed by atoms with Gasteiger partial charge in [0.15, 0.2) is 0 Å². The summed E-state index contributed by atoms with van der Waals surface area (Å²) < 4.78 is 38.7. The summed E-state index contributed by atoms with van der Waals surface area (Å²) in [5, 5.41) is 3.06. The van der Waals surface area contributed by atoms with Gasteiger partial charge in [0.05, 0.1) is 11.1 Å². The molecule has 3 rings (SSSR count). The van der Waals surface area contributed by atoms with Gasteiger partial charge in [-0.1, -0.05) is 18.2 Å². The van der Waals surface area contributed by atoms with Gasteiger partial charge in [-0.05, 0) is 50.5 Å². The van der Waals surface area contributed by atoms with E-state index in [-0.39, 0.29) is 11.9 Å². The summed E-state index contributed by atoms with van der Waals surface area (Å²) in [5.74, 6) is 0.708. The molecule has 2 heterocycles. The summed E-state index contributed by atoms with van der Waals surface area (Å²) in [7, 11) is 0. The Labute approximate surface area is 181 Å². The van der Waals surface area contributed by atoms with E-state index in [1.54, 1.807) is 18.3 Å². The number of nitrogens with zero attached hydrogens (tertiary/aromatic N) is 3. The van der Waals surface area contributed by atoms with Crippen LogP contribution in [0, 0.1) is 0 Å². The highest BCUT2D eigenvalue weighted by Gasteiger charge is 2.30. The maximum absolute atomic E-state index is 12.9. The highest BCUT2D eigenvalue weighted by Crippen LogP contribution is 2.30. The van der Waals surface area contributed by atoms with Crippen LogP contribution in [-0.4, -0.2) is 48.0 Å². The van der Waals surface area contributed by atoms with Crippen molar-refractivity contribution in [3.63, 3.8) is 0 Å². The first-order valence-electron chi connectivity index (χ1n) is 10.7. The lowest BCUT2D eigenvalue weighted by molar-refractivity contribution is -0.137. The van der Waals surface area contributed by atoms with Crippen LogP contribution in [0.3, 0.4) is 0 Å². The second kappa shape index (κ2) is 10.1. The lowest BCUT2D eigenvalue weighted by Gasteiger charge is -2.32. The SMILES string of the molecule is CCN(CC)c1ccc(C(=O)NC2CCN(Cc3cccc(C(F)(F)F)c3)CC2)cn1. The van der Waals surface area contributed by atoms with Crippen LogP contribution in [0.2, 0.25) is 0 Å². The van der Waals surface area contributed by atoms with Crippen LogP contribution in [0.25, 0.3) is 0 Å². The number of halogens is 3. The average molecular weight is 435 g/mol. The Morgan fingerprint density at radius 3 is 2.45 bits per heavy atom. The van der Waals surface area contributed by atoms with Gasteiger partial charge in [0.25, 0.3) is 5.91 Å². The molecular weight excluding hydrogens is 405 g/mol. The standard InChI is InChI=1S/C23H29F3N4O/c1-3-30(4-2)21-9-8-18(15-27-21)22(31)28-20-10-12-29(13-11-20)16-17-6-5-7-19(14-17)23(24,25)26/h5-9,14-15,20H,3-4,10-13,16H2,1-2H3,(H,28,31). The monoisotopic (exact) mass is 434 g/mol. The number of piperidine rings is 1. The molecule has 0 spiro atoms. The minimum Gasteiger partial charge on any atom is -0.357 e. The Bertz CT molecular complexity index is 858. The van der Waals surface area contributed by atoms with Crippen molar-refractivity contribution in [2.45, 2.75) is 45.5 Å². The van der Waals surface area contributed by atoms with Gasteiger partial charge >= 0.3 is 6.18 Å². The first kappa shape index (κ1) is 23.1. The number of nitrogens with one attached hydrogen (secondary N) is 1. The maximum Gasteiger partial charge on any atom is 0.416 e. The fourth-order valence-electron chi connectivity index (χ4n) is 3.86. The van der Waals surface area contributed by atoms with E-state index < -0.39 is 11.7 Å². The van der Waals surface area contributed by atoms with Crippen LogP contribution in [-0.2, 0) is 12.7 Å². The number of carbonyl (C=O) groups is 1. The fourth-order valence-corrected chi connectivity index (χ4v) is 3.86. The van der Waals surface area contributed by atoms with Crippen LogP contribution in [0.4, 0.5) is 19.0 Å². The van der Waals surface area contributed by atoms with E-state index in [4.69, 9.17) is 0 Å². The van der Waals surface area contributed by atoms with Crippen molar-refractivity contribution >= 4 is 11.7 Å². The molecule has 168 valence electrons. The number of benzene rings is 1. The number of carbonyl (C=O) groups excluding carboxylic acids is 1. The number of aromatic nitrogens is 1. The largest absolute Gasteiger partial charge is 0.416 e. The van der Waals surface area contributed by atoms with Crippen molar-refractivity contribution in [2.75, 3.05) is 31.1 Å². The van der Waals surface area contributed by atoms with Gasteiger partial charge in [0.1, 0.15) is 5.82 Å². The molecule has 1 aromatic heterocycles. The topological polar surface area (TPSA) is 48.5 Å². The smallest absolute Gasteiger partial charge is 0.357 e. The quantitative estimate of drug-likeness (QED) is 0.704. The Morgan fingerprint density at radius 2 is 1.87 bits per heavy atom. The Morgan fingerprint density at radius 1 is 1.16 bits per heavy atom. The van der Waals surface area contributed by atoms with Gasteiger partial charge in [-0.15, -0.1) is 0 Å². The third-order valence-corrected chi connectivity index (χ3v) is 5.68. The Hall–Kier alpha value is -2.61. The zero-order valence-electron chi connectivity index (χ0n) is 18.0. The molecule has 2 aromatic rings. The third kappa shape index (κ3) is 6.19. The molecule has 1 saturated heterocycles. The first-order chi connectivity index (χ1) is 14.8. The maximum atomic E-state index is 12.9. The number of rotatable bonds is 7. The number of alkyl halides is 3. The van der Waals surface area contributed by atoms with Gasteiger partial charge in [-0.3, -0.25) is 9.69 Å². The fraction of sp³-hybridized carbons (Fsp3) is 0.478. The minimum atomic E-state index is -4.33. The number of likely N-dealkylation sites (tertiary alicyclic amines) is 1. The van der Waals surface area contributed by atoms with Crippen molar-refractivity contribution in [1.82, 2.24) is 15.2 Å². The van der Waals surface area contributed by atoms with Gasteiger partial charge in [-0.2, -0.15) is 13.2 Å². The predicted molar refractivity (Wildman–Crippen MR) is 115 cm³/mol. The van der Waals surface area contributed by atoms with Crippen molar-refractivity contribution < 1.29 is 18.0 Å². The zero-order chi connectivity index (χ0) is 22.4. The zero-order valence-corrected chi connectivity index (χ0v) is 18.0. The second-order valence-electron chi connectivity index (χ2n) is 7.80. The molecule has 1 fully saturated rings. The number of anilines is 1. The third-order valence-electron chi connectivity index (χ3n) is 5.68. The molecular formula is C23H29F3N4O. The summed E-state index contributed by atoms with van der Waals surface area (Å²) in [6.45, 7) is 7.75. The molecule has 1 N–H and O–H groups in total. The summed E-state index contributed by atoms with van der Waals surface area (Å²) in [4.78, 5) is 21.2. The molecule has 1 aliphatic heterocycles. The molecule has 5 nitrogen and oxygen atoms in total.